The molecule has 1 aliphatic rings. The molecule has 0 spiro atoms. The van der Waals surface area contributed by atoms with E-state index < -0.39 is 27.6 Å². The van der Waals surface area contributed by atoms with Gasteiger partial charge in [-0.25, -0.2) is 22.2 Å². The predicted octanol–water partition coefficient (Wildman–Crippen LogP) is 3.28. The van der Waals surface area contributed by atoms with Crippen molar-refractivity contribution in [3.63, 3.8) is 0 Å². The summed E-state index contributed by atoms with van der Waals surface area (Å²) in [5.74, 6) is -1.78. The van der Waals surface area contributed by atoms with Crippen LogP contribution in [0.4, 0.5) is 13.9 Å². The van der Waals surface area contributed by atoms with Crippen molar-refractivity contribution < 1.29 is 22.0 Å². The number of carbonyl (C=O) groups is 1. The van der Waals surface area contributed by atoms with Crippen LogP contribution in [-0.4, -0.2) is 61.7 Å². The Morgan fingerprint density at radius 3 is 2.59 bits per heavy atom. The summed E-state index contributed by atoms with van der Waals surface area (Å²) >= 11 is 1.05. The van der Waals surface area contributed by atoms with Gasteiger partial charge in [-0.3, -0.25) is 10.1 Å². The molecule has 4 rings (SSSR count). The Morgan fingerprint density at radius 1 is 1.09 bits per heavy atom. The molecule has 3 aromatic rings. The largest absolute Gasteiger partial charge is 0.304 e. The van der Waals surface area contributed by atoms with Gasteiger partial charge in [0.05, 0.1) is 10.6 Å². The molecule has 11 heteroatoms. The summed E-state index contributed by atoms with van der Waals surface area (Å²) in [6, 6.07) is 8.84. The molecule has 32 heavy (non-hydrogen) atoms. The lowest BCUT2D eigenvalue weighted by molar-refractivity contribution is 0.102. The van der Waals surface area contributed by atoms with Crippen molar-refractivity contribution in [2.75, 3.05) is 38.5 Å². The highest BCUT2D eigenvalue weighted by Crippen LogP contribution is 2.28. The molecule has 2 aromatic carbocycles. The Labute approximate surface area is 188 Å². The molecule has 168 valence electrons. The number of rotatable bonds is 5. The van der Waals surface area contributed by atoms with E-state index >= 15 is 0 Å². The van der Waals surface area contributed by atoms with Gasteiger partial charge in [-0.15, -0.1) is 11.3 Å². The van der Waals surface area contributed by atoms with Crippen LogP contribution in [0.25, 0.3) is 11.3 Å². The van der Waals surface area contributed by atoms with Gasteiger partial charge in [-0.2, -0.15) is 4.31 Å². The van der Waals surface area contributed by atoms with Gasteiger partial charge in [0, 0.05) is 42.7 Å². The van der Waals surface area contributed by atoms with Gasteiger partial charge in [-0.05, 0) is 43.4 Å². The first-order chi connectivity index (χ1) is 15.2. The summed E-state index contributed by atoms with van der Waals surface area (Å²) in [5.41, 5.74) is 0.324. The SMILES string of the molecule is CN1CCN(S(=O)(=O)c2cccc(C(=O)Nc3nc(-c4cc(F)ccc4F)cs3)c2)CC1. The zero-order valence-corrected chi connectivity index (χ0v) is 18.7. The maximum Gasteiger partial charge on any atom is 0.257 e. The number of aromatic nitrogens is 1. The second-order valence-corrected chi connectivity index (χ2v) is 10.1. The van der Waals surface area contributed by atoms with Gasteiger partial charge >= 0.3 is 0 Å². The number of carbonyl (C=O) groups excluding carboxylic acids is 1. The zero-order valence-electron chi connectivity index (χ0n) is 17.1. The van der Waals surface area contributed by atoms with Crippen LogP contribution in [0.2, 0.25) is 0 Å². The number of hydrogen-bond donors (Lipinski definition) is 1. The third-order valence-electron chi connectivity index (χ3n) is 5.13. The van der Waals surface area contributed by atoms with Gasteiger partial charge in [0.15, 0.2) is 5.13 Å². The summed E-state index contributed by atoms with van der Waals surface area (Å²) in [6.45, 7) is 2.04. The monoisotopic (exact) mass is 478 g/mol. The fourth-order valence-electron chi connectivity index (χ4n) is 3.29. The van der Waals surface area contributed by atoms with E-state index in [2.05, 4.69) is 10.3 Å². The quantitative estimate of drug-likeness (QED) is 0.609. The lowest BCUT2D eigenvalue weighted by Crippen LogP contribution is -2.47. The molecule has 0 atom stereocenters. The molecule has 0 aliphatic carbocycles. The van der Waals surface area contributed by atoms with Crippen LogP contribution in [-0.2, 0) is 10.0 Å². The van der Waals surface area contributed by atoms with Crippen LogP contribution >= 0.6 is 11.3 Å². The lowest BCUT2D eigenvalue weighted by atomic mass is 10.1. The molecular formula is C21H20F2N4O3S2. The van der Waals surface area contributed by atoms with E-state index in [0.717, 1.165) is 29.5 Å². The fourth-order valence-corrected chi connectivity index (χ4v) is 5.47. The number of sulfonamides is 1. The molecule has 1 aromatic heterocycles. The molecule has 0 bridgehead atoms. The first kappa shape index (κ1) is 22.5. The van der Waals surface area contributed by atoms with Gasteiger partial charge < -0.3 is 4.90 Å². The first-order valence-electron chi connectivity index (χ1n) is 9.75. The molecule has 1 aliphatic heterocycles. The topological polar surface area (TPSA) is 82.6 Å². The number of benzene rings is 2. The molecule has 2 heterocycles. The van der Waals surface area contributed by atoms with E-state index in [0.29, 0.717) is 26.2 Å². The Bertz CT molecular complexity index is 1260. The minimum atomic E-state index is -3.72. The van der Waals surface area contributed by atoms with Crippen molar-refractivity contribution in [1.82, 2.24) is 14.2 Å². The van der Waals surface area contributed by atoms with Crippen LogP contribution in [0.15, 0.2) is 52.7 Å². The average Bonchev–Trinajstić information content (AvgIpc) is 3.24. The third kappa shape index (κ3) is 4.70. The fraction of sp³-hybridized carbons (Fsp3) is 0.238. The number of thiazole rings is 1. The Morgan fingerprint density at radius 2 is 1.84 bits per heavy atom. The second-order valence-electron chi connectivity index (χ2n) is 7.35. The number of nitrogens with one attached hydrogen (secondary N) is 1. The van der Waals surface area contributed by atoms with Crippen LogP contribution < -0.4 is 5.32 Å². The van der Waals surface area contributed by atoms with Gasteiger partial charge in [0.1, 0.15) is 11.6 Å². The highest BCUT2D eigenvalue weighted by molar-refractivity contribution is 7.89. The molecule has 1 amide bonds. The number of amides is 1. The molecule has 1 saturated heterocycles. The molecule has 1 fully saturated rings. The van der Waals surface area contributed by atoms with E-state index in [4.69, 9.17) is 0 Å². The number of nitrogens with zero attached hydrogens (tertiary/aromatic N) is 3. The van der Waals surface area contributed by atoms with E-state index in [1.54, 1.807) is 0 Å². The van der Waals surface area contributed by atoms with Gasteiger partial charge in [0.2, 0.25) is 10.0 Å². The van der Waals surface area contributed by atoms with E-state index in [1.165, 1.54) is 34.0 Å². The summed E-state index contributed by atoms with van der Waals surface area (Å²) < 4.78 is 54.7. The summed E-state index contributed by atoms with van der Waals surface area (Å²) in [6.07, 6.45) is 0. The van der Waals surface area contributed by atoms with Crippen molar-refractivity contribution >= 4 is 32.4 Å². The maximum atomic E-state index is 14.0. The zero-order chi connectivity index (χ0) is 22.9. The Balaban J connectivity index is 1.51. The summed E-state index contributed by atoms with van der Waals surface area (Å²) in [4.78, 5) is 18.9. The van der Waals surface area contributed by atoms with Crippen molar-refractivity contribution in [2.24, 2.45) is 0 Å². The number of anilines is 1. The predicted molar refractivity (Wildman–Crippen MR) is 118 cm³/mol. The molecule has 1 N–H and O–H groups in total. The van der Waals surface area contributed by atoms with E-state index in [9.17, 15) is 22.0 Å². The van der Waals surface area contributed by atoms with Crippen molar-refractivity contribution in [1.29, 1.82) is 0 Å². The minimum absolute atomic E-state index is 0.0120. The van der Waals surface area contributed by atoms with Crippen molar-refractivity contribution in [2.45, 2.75) is 4.90 Å². The molecular weight excluding hydrogens is 458 g/mol. The van der Waals surface area contributed by atoms with Crippen LogP contribution in [0, 0.1) is 11.6 Å². The normalized spacial score (nSPS) is 15.6. The number of halogens is 2. The van der Waals surface area contributed by atoms with E-state index in [-0.39, 0.29) is 26.8 Å². The van der Waals surface area contributed by atoms with Crippen LogP contribution in [0.3, 0.4) is 0 Å². The molecule has 0 unspecified atom stereocenters. The third-order valence-corrected chi connectivity index (χ3v) is 7.78. The van der Waals surface area contributed by atoms with Crippen molar-refractivity contribution in [3.05, 3.63) is 65.0 Å². The number of likely N-dealkylation sites (N-methyl/N-ethyl adjacent to an activating group) is 1. The highest BCUT2D eigenvalue weighted by atomic mass is 32.2. The first-order valence-corrected chi connectivity index (χ1v) is 12.1. The molecule has 0 saturated carbocycles. The summed E-state index contributed by atoms with van der Waals surface area (Å²) in [5, 5.41) is 4.27. The van der Waals surface area contributed by atoms with E-state index in [1.807, 2.05) is 11.9 Å². The second kappa shape index (κ2) is 9.02. The number of hydrogen-bond acceptors (Lipinski definition) is 6. The van der Waals surface area contributed by atoms with Crippen molar-refractivity contribution in [3.8, 4) is 11.3 Å². The smallest absolute Gasteiger partial charge is 0.257 e. The Hall–Kier alpha value is -2.73. The van der Waals surface area contributed by atoms with Gasteiger partial charge in [0.25, 0.3) is 5.91 Å². The average molecular weight is 479 g/mol. The number of piperazine rings is 1. The molecule has 7 nitrogen and oxygen atoms in total. The minimum Gasteiger partial charge on any atom is -0.304 e. The Kier molecular flexibility index (Phi) is 6.33. The lowest BCUT2D eigenvalue weighted by Gasteiger charge is -2.31. The summed E-state index contributed by atoms with van der Waals surface area (Å²) in [7, 11) is -1.79. The standard InChI is InChI=1S/C21H20F2N4O3S2/c1-26-7-9-27(10-8-26)32(29,30)16-4-2-3-14(11-16)20(28)25-21-24-19(13-31-21)17-12-15(22)5-6-18(17)23/h2-6,11-13H,7-10H2,1H3,(H,24,25,28). The van der Waals surface area contributed by atoms with Gasteiger partial charge in [-0.1, -0.05) is 6.07 Å². The van der Waals surface area contributed by atoms with Crippen LogP contribution in [0.1, 0.15) is 10.4 Å². The highest BCUT2D eigenvalue weighted by Gasteiger charge is 2.28. The molecule has 0 radical (unpaired) electrons. The van der Waals surface area contributed by atoms with Crippen LogP contribution in [0.5, 0.6) is 0 Å². The maximum absolute atomic E-state index is 14.0.